The first-order chi connectivity index (χ1) is 26.5. The molecule has 0 aliphatic heterocycles. The van der Waals surface area contributed by atoms with Gasteiger partial charge in [0.2, 0.25) is 5.91 Å². The molecule has 0 rings (SSSR count). The van der Waals surface area contributed by atoms with Crippen LogP contribution >= 0.6 is 0 Å². The van der Waals surface area contributed by atoms with E-state index in [1.165, 1.54) is 154 Å². The van der Waals surface area contributed by atoms with Gasteiger partial charge in [-0.15, -0.1) is 0 Å². The third-order valence-corrected chi connectivity index (χ3v) is 11.1. The fraction of sp³-hybridized carbons (Fsp3) is 0.917. The highest BCUT2D eigenvalue weighted by molar-refractivity contribution is 5.77. The van der Waals surface area contributed by atoms with E-state index >= 15 is 0 Å². The van der Waals surface area contributed by atoms with Crippen molar-refractivity contribution in [1.82, 2.24) is 5.32 Å². The molecular weight excluding hydrogens is 671 g/mol. The van der Waals surface area contributed by atoms with Gasteiger partial charge in [-0.2, -0.15) is 0 Å². The molecule has 6 heteroatoms. The number of allylic oxidation sites excluding steroid dienone is 2. The summed E-state index contributed by atoms with van der Waals surface area (Å²) in [6.07, 6.45) is 45.5. The third-order valence-electron chi connectivity index (χ3n) is 11.1. The number of esters is 1. The van der Waals surface area contributed by atoms with Crippen LogP contribution in [0, 0.1) is 0 Å². The summed E-state index contributed by atoms with van der Waals surface area (Å²) in [7, 11) is 0. The first-order valence-corrected chi connectivity index (χ1v) is 23.9. The van der Waals surface area contributed by atoms with Crippen LogP contribution in [0.15, 0.2) is 12.2 Å². The van der Waals surface area contributed by atoms with Crippen molar-refractivity contribution in [3.8, 4) is 0 Å². The molecule has 3 unspecified atom stereocenters. The lowest BCUT2D eigenvalue weighted by Crippen LogP contribution is -2.46. The van der Waals surface area contributed by atoms with Gasteiger partial charge in [-0.05, 0) is 51.4 Å². The van der Waals surface area contributed by atoms with Crippen molar-refractivity contribution >= 4 is 11.9 Å². The summed E-state index contributed by atoms with van der Waals surface area (Å²) in [6.45, 7) is 6.46. The molecule has 320 valence electrons. The maximum absolute atomic E-state index is 13.1. The Morgan fingerprint density at radius 1 is 0.519 bits per heavy atom. The number of unbranched alkanes of at least 4 members (excludes halogenated alkanes) is 29. The van der Waals surface area contributed by atoms with E-state index in [0.29, 0.717) is 19.3 Å². The van der Waals surface area contributed by atoms with Gasteiger partial charge in [0.25, 0.3) is 0 Å². The van der Waals surface area contributed by atoms with Crippen LogP contribution in [0.5, 0.6) is 0 Å². The van der Waals surface area contributed by atoms with Crippen LogP contribution in [0.1, 0.15) is 258 Å². The van der Waals surface area contributed by atoms with Gasteiger partial charge >= 0.3 is 5.97 Å². The van der Waals surface area contributed by atoms with Gasteiger partial charge in [-0.25, -0.2) is 0 Å². The van der Waals surface area contributed by atoms with E-state index in [2.05, 4.69) is 38.2 Å². The van der Waals surface area contributed by atoms with Gasteiger partial charge in [0, 0.05) is 6.42 Å². The molecule has 1 amide bonds. The number of amides is 1. The van der Waals surface area contributed by atoms with Crippen LogP contribution < -0.4 is 5.32 Å². The molecule has 3 atom stereocenters. The molecule has 0 aromatic rings. The minimum absolute atomic E-state index is 0.0779. The lowest BCUT2D eigenvalue weighted by molar-refractivity contribution is -0.151. The minimum atomic E-state index is -0.782. The SMILES string of the molecule is CCCCCCCC/C=C/CCCCCCCC(CC(=O)NC(CO)C(O)CCCCCCCCCCCCC)OC(=O)CCCCCCCCCCC. The number of hydrogen-bond donors (Lipinski definition) is 3. The van der Waals surface area contributed by atoms with Crippen LogP contribution in [0.2, 0.25) is 0 Å². The van der Waals surface area contributed by atoms with E-state index in [1.54, 1.807) is 0 Å². The van der Waals surface area contributed by atoms with Crippen molar-refractivity contribution in [3.05, 3.63) is 12.2 Å². The monoisotopic (exact) mass is 764 g/mol. The first kappa shape index (κ1) is 52.6. The number of aliphatic hydroxyl groups is 2. The number of nitrogens with one attached hydrogen (secondary N) is 1. The van der Waals surface area contributed by atoms with Crippen LogP contribution in [0.4, 0.5) is 0 Å². The van der Waals surface area contributed by atoms with Crippen LogP contribution in [-0.4, -0.2) is 46.9 Å². The summed E-state index contributed by atoms with van der Waals surface area (Å²) in [5.41, 5.74) is 0. The lowest BCUT2D eigenvalue weighted by atomic mass is 10.0. The predicted octanol–water partition coefficient (Wildman–Crippen LogP) is 13.8. The van der Waals surface area contributed by atoms with Crippen molar-refractivity contribution in [1.29, 1.82) is 0 Å². The Labute approximate surface area is 336 Å². The van der Waals surface area contributed by atoms with E-state index in [4.69, 9.17) is 4.74 Å². The molecule has 6 nitrogen and oxygen atoms in total. The third kappa shape index (κ3) is 37.5. The standard InChI is InChI=1S/C48H93NO5/c1-4-7-10-13-16-19-21-22-23-24-26-28-30-33-36-39-44(54-48(53)41-38-35-32-27-18-15-12-9-6-3)42-47(52)49-45(43-50)46(51)40-37-34-31-29-25-20-17-14-11-8-5-2/h22-23,44-46,50-51H,4-21,24-43H2,1-3H3,(H,49,52)/b23-22+. The van der Waals surface area contributed by atoms with Crippen molar-refractivity contribution in [2.75, 3.05) is 6.61 Å². The van der Waals surface area contributed by atoms with E-state index in [-0.39, 0.29) is 24.9 Å². The molecular formula is C48H93NO5. The van der Waals surface area contributed by atoms with E-state index < -0.39 is 18.2 Å². The molecule has 0 aliphatic rings. The van der Waals surface area contributed by atoms with Gasteiger partial charge < -0.3 is 20.3 Å². The zero-order valence-corrected chi connectivity index (χ0v) is 36.4. The summed E-state index contributed by atoms with van der Waals surface area (Å²) in [5, 5.41) is 23.6. The van der Waals surface area contributed by atoms with Crippen molar-refractivity contribution in [2.24, 2.45) is 0 Å². The predicted molar refractivity (Wildman–Crippen MR) is 232 cm³/mol. The van der Waals surface area contributed by atoms with Crippen molar-refractivity contribution in [3.63, 3.8) is 0 Å². The minimum Gasteiger partial charge on any atom is -0.462 e. The molecule has 0 spiro atoms. The van der Waals surface area contributed by atoms with Gasteiger partial charge in [0.15, 0.2) is 0 Å². The quantitative estimate of drug-likeness (QED) is 0.0326. The highest BCUT2D eigenvalue weighted by Crippen LogP contribution is 2.18. The van der Waals surface area contributed by atoms with Crippen molar-refractivity contribution < 1.29 is 24.5 Å². The second-order valence-corrected chi connectivity index (χ2v) is 16.5. The molecule has 0 saturated heterocycles. The Hall–Kier alpha value is -1.40. The Bertz CT molecular complexity index is 817. The van der Waals surface area contributed by atoms with Crippen LogP contribution in [0.3, 0.4) is 0 Å². The molecule has 0 fully saturated rings. The largest absolute Gasteiger partial charge is 0.462 e. The first-order valence-electron chi connectivity index (χ1n) is 23.9. The Morgan fingerprint density at radius 3 is 1.31 bits per heavy atom. The van der Waals surface area contributed by atoms with Crippen LogP contribution in [-0.2, 0) is 14.3 Å². The fourth-order valence-electron chi connectivity index (χ4n) is 7.43. The number of carbonyl (C=O) groups excluding carboxylic acids is 2. The molecule has 0 aliphatic carbocycles. The Kier molecular flexibility index (Phi) is 41.6. The molecule has 0 radical (unpaired) electrons. The fourth-order valence-corrected chi connectivity index (χ4v) is 7.43. The zero-order chi connectivity index (χ0) is 39.6. The summed E-state index contributed by atoms with van der Waals surface area (Å²) in [4.78, 5) is 26.0. The highest BCUT2D eigenvalue weighted by Gasteiger charge is 2.24. The second kappa shape index (κ2) is 42.7. The van der Waals surface area contributed by atoms with Gasteiger partial charge in [0.1, 0.15) is 6.10 Å². The average Bonchev–Trinajstić information content (AvgIpc) is 3.16. The van der Waals surface area contributed by atoms with Crippen LogP contribution in [0.25, 0.3) is 0 Å². The highest BCUT2D eigenvalue weighted by atomic mass is 16.5. The summed E-state index contributed by atoms with van der Waals surface area (Å²) in [6, 6.07) is -0.696. The van der Waals surface area contributed by atoms with E-state index in [1.807, 2.05) is 0 Å². The lowest BCUT2D eigenvalue weighted by Gasteiger charge is -2.24. The average molecular weight is 764 g/mol. The van der Waals surface area contributed by atoms with Crippen molar-refractivity contribution in [2.45, 2.75) is 277 Å². The molecule has 0 heterocycles. The Balaban J connectivity index is 4.56. The smallest absolute Gasteiger partial charge is 0.306 e. The number of carbonyl (C=O) groups is 2. The second-order valence-electron chi connectivity index (χ2n) is 16.5. The zero-order valence-electron chi connectivity index (χ0n) is 36.4. The van der Waals surface area contributed by atoms with Gasteiger partial charge in [-0.3, -0.25) is 9.59 Å². The number of hydrogen-bond acceptors (Lipinski definition) is 5. The number of aliphatic hydroxyl groups excluding tert-OH is 2. The molecule has 0 bridgehead atoms. The summed E-state index contributed by atoms with van der Waals surface area (Å²) < 4.78 is 5.90. The Morgan fingerprint density at radius 2 is 0.889 bits per heavy atom. The van der Waals surface area contributed by atoms with Gasteiger partial charge in [-0.1, -0.05) is 206 Å². The number of ether oxygens (including phenoxy) is 1. The summed E-state index contributed by atoms with van der Waals surface area (Å²) >= 11 is 0. The van der Waals surface area contributed by atoms with E-state index in [0.717, 1.165) is 57.8 Å². The van der Waals surface area contributed by atoms with Gasteiger partial charge in [0.05, 0.1) is 25.2 Å². The number of rotatable bonds is 43. The maximum atomic E-state index is 13.1. The molecule has 0 aromatic carbocycles. The topological polar surface area (TPSA) is 95.9 Å². The van der Waals surface area contributed by atoms with E-state index in [9.17, 15) is 19.8 Å². The normalized spacial score (nSPS) is 13.4. The molecule has 0 saturated carbocycles. The molecule has 54 heavy (non-hydrogen) atoms. The molecule has 3 N–H and O–H groups in total. The molecule has 0 aromatic heterocycles. The summed E-state index contributed by atoms with van der Waals surface area (Å²) in [5.74, 6) is -0.473. The maximum Gasteiger partial charge on any atom is 0.306 e.